The molecule has 2 heterocycles. The molecular weight excluding hydrogens is 352 g/mol. The maximum Gasteiger partial charge on any atom is 0.286 e. The Kier molecular flexibility index (Phi) is 6.25. The molecule has 136 valence electrons. The van der Waals surface area contributed by atoms with Gasteiger partial charge in [0.25, 0.3) is 5.24 Å². The smallest absolute Gasteiger partial charge is 0.286 e. The van der Waals surface area contributed by atoms with Crippen molar-refractivity contribution >= 4 is 22.9 Å². The first kappa shape index (κ1) is 18.4. The lowest BCUT2D eigenvalue weighted by atomic mass is 10.1. The van der Waals surface area contributed by atoms with Crippen molar-refractivity contribution in [3.05, 3.63) is 59.4 Å². The Balaban J connectivity index is 1.45. The number of ether oxygens (including phenoxy) is 1. The summed E-state index contributed by atoms with van der Waals surface area (Å²) in [7, 11) is 0. The van der Waals surface area contributed by atoms with Gasteiger partial charge in [0.05, 0.1) is 11.9 Å². The van der Waals surface area contributed by atoms with Gasteiger partial charge in [-0.1, -0.05) is 30.0 Å². The number of hydrogen-bond acceptors (Lipinski definition) is 6. The van der Waals surface area contributed by atoms with Crippen LogP contribution in [0.4, 0.5) is 4.79 Å². The molecule has 3 rings (SSSR count). The maximum absolute atomic E-state index is 11.6. The fraction of sp³-hybridized carbons (Fsp3) is 0.316. The van der Waals surface area contributed by atoms with Crippen molar-refractivity contribution in [2.45, 2.75) is 24.5 Å². The summed E-state index contributed by atoms with van der Waals surface area (Å²) >= 11 is 1.04. The zero-order chi connectivity index (χ0) is 18.4. The fourth-order valence-corrected chi connectivity index (χ4v) is 3.48. The van der Waals surface area contributed by atoms with Gasteiger partial charge in [-0.3, -0.25) is 19.9 Å². The summed E-state index contributed by atoms with van der Waals surface area (Å²) < 4.78 is 5.73. The molecule has 1 saturated heterocycles. The quantitative estimate of drug-likeness (QED) is 0.738. The maximum atomic E-state index is 11.6. The van der Waals surface area contributed by atoms with E-state index in [0.717, 1.165) is 34.3 Å². The van der Waals surface area contributed by atoms with Gasteiger partial charge in [-0.25, -0.2) is 0 Å². The van der Waals surface area contributed by atoms with Crippen LogP contribution >= 0.6 is 11.8 Å². The molecule has 2 N–H and O–H groups in total. The highest BCUT2D eigenvalue weighted by molar-refractivity contribution is 8.15. The van der Waals surface area contributed by atoms with Crippen molar-refractivity contribution in [1.29, 1.82) is 0 Å². The van der Waals surface area contributed by atoms with Gasteiger partial charge < -0.3 is 9.84 Å². The molecule has 0 saturated carbocycles. The third kappa shape index (κ3) is 5.06. The molecule has 1 aliphatic heterocycles. The molecule has 1 atom stereocenters. The number of aliphatic hydroxyl groups is 1. The van der Waals surface area contributed by atoms with E-state index in [-0.39, 0.29) is 23.0 Å². The molecule has 0 aliphatic carbocycles. The summed E-state index contributed by atoms with van der Waals surface area (Å²) in [6.45, 7) is 0.641. The molecule has 0 unspecified atom stereocenters. The van der Waals surface area contributed by atoms with Gasteiger partial charge in [0.1, 0.15) is 5.75 Å². The number of nitrogens with zero attached hydrogens (tertiary/aromatic N) is 1. The van der Waals surface area contributed by atoms with E-state index in [0.29, 0.717) is 25.9 Å². The number of pyridine rings is 1. The summed E-state index contributed by atoms with van der Waals surface area (Å²) in [6.07, 6.45) is 3.61. The van der Waals surface area contributed by atoms with Crippen LogP contribution in [-0.2, 0) is 24.1 Å². The monoisotopic (exact) mass is 372 g/mol. The minimum atomic E-state index is -0.353. The van der Waals surface area contributed by atoms with E-state index in [2.05, 4.69) is 10.3 Å². The highest BCUT2D eigenvalue weighted by Crippen LogP contribution is 2.23. The predicted octanol–water partition coefficient (Wildman–Crippen LogP) is 2.13. The van der Waals surface area contributed by atoms with Crippen molar-refractivity contribution in [1.82, 2.24) is 10.3 Å². The topological polar surface area (TPSA) is 88.5 Å². The van der Waals surface area contributed by atoms with Crippen LogP contribution in [0.5, 0.6) is 5.75 Å². The number of thioether (sulfide) groups is 1. The van der Waals surface area contributed by atoms with Gasteiger partial charge in [-0.15, -0.1) is 0 Å². The molecule has 0 bridgehead atoms. The molecule has 2 amide bonds. The number of nitrogens with one attached hydrogen (secondary N) is 1. The van der Waals surface area contributed by atoms with Gasteiger partial charge in [0.15, 0.2) is 0 Å². The Hall–Kier alpha value is -2.38. The third-order valence-corrected chi connectivity index (χ3v) is 5.01. The number of rotatable bonds is 8. The Morgan fingerprint density at radius 3 is 2.46 bits per heavy atom. The minimum Gasteiger partial charge on any atom is -0.493 e. The molecule has 1 fully saturated rings. The molecule has 1 aromatic carbocycles. The summed E-state index contributed by atoms with van der Waals surface area (Å²) in [6, 6.07) is 11.5. The lowest BCUT2D eigenvalue weighted by Gasteiger charge is -2.09. The summed E-state index contributed by atoms with van der Waals surface area (Å²) in [4.78, 5) is 27.1. The Morgan fingerprint density at radius 2 is 1.85 bits per heavy atom. The third-order valence-electron chi connectivity index (χ3n) is 4.02. The van der Waals surface area contributed by atoms with Crippen molar-refractivity contribution in [2.24, 2.45) is 0 Å². The second kappa shape index (κ2) is 8.82. The number of hydrogen-bond donors (Lipinski definition) is 2. The molecule has 0 spiro atoms. The zero-order valence-electron chi connectivity index (χ0n) is 14.2. The Labute approximate surface area is 156 Å². The van der Waals surface area contributed by atoms with Crippen LogP contribution in [-0.4, -0.2) is 39.7 Å². The lowest BCUT2D eigenvalue weighted by Crippen LogP contribution is -2.25. The number of imide groups is 1. The van der Waals surface area contributed by atoms with E-state index in [4.69, 9.17) is 9.84 Å². The van der Waals surface area contributed by atoms with Gasteiger partial charge in [-0.2, -0.15) is 0 Å². The van der Waals surface area contributed by atoms with Gasteiger partial charge >= 0.3 is 0 Å². The van der Waals surface area contributed by atoms with Crippen LogP contribution in [0.1, 0.15) is 16.8 Å². The van der Waals surface area contributed by atoms with Gasteiger partial charge in [-0.05, 0) is 42.2 Å². The van der Waals surface area contributed by atoms with E-state index >= 15 is 0 Å². The number of carbonyl (C=O) groups is 2. The first-order valence-corrected chi connectivity index (χ1v) is 9.30. The SMILES string of the molecule is O=C1NC(=O)[C@H](Cc2ccc(OCCc3ccc(CCO)cn3)cc2)S1. The van der Waals surface area contributed by atoms with E-state index in [1.807, 2.05) is 36.4 Å². The summed E-state index contributed by atoms with van der Waals surface area (Å²) in [5, 5.41) is 10.6. The Bertz CT molecular complexity index is 762. The van der Waals surface area contributed by atoms with Crippen molar-refractivity contribution in [3.8, 4) is 5.75 Å². The van der Waals surface area contributed by atoms with Crippen molar-refractivity contribution in [2.75, 3.05) is 13.2 Å². The van der Waals surface area contributed by atoms with Crippen LogP contribution in [0.15, 0.2) is 42.6 Å². The zero-order valence-corrected chi connectivity index (χ0v) is 15.0. The Morgan fingerprint density at radius 1 is 1.08 bits per heavy atom. The summed E-state index contributed by atoms with van der Waals surface area (Å²) in [5.41, 5.74) is 2.95. The van der Waals surface area contributed by atoms with E-state index < -0.39 is 0 Å². The predicted molar refractivity (Wildman–Crippen MR) is 99.3 cm³/mol. The fourth-order valence-electron chi connectivity index (χ4n) is 2.62. The van der Waals surface area contributed by atoms with E-state index in [9.17, 15) is 9.59 Å². The summed E-state index contributed by atoms with van der Waals surface area (Å²) in [5.74, 6) is 0.531. The molecule has 0 radical (unpaired) electrons. The molecule has 7 heteroatoms. The first-order chi connectivity index (χ1) is 12.6. The molecule has 26 heavy (non-hydrogen) atoms. The van der Waals surface area contributed by atoms with Crippen molar-refractivity contribution < 1.29 is 19.4 Å². The van der Waals surface area contributed by atoms with Crippen LogP contribution < -0.4 is 10.1 Å². The molecule has 6 nitrogen and oxygen atoms in total. The molecule has 2 aromatic rings. The second-order valence-corrected chi connectivity index (χ2v) is 7.14. The average molecular weight is 372 g/mol. The first-order valence-electron chi connectivity index (χ1n) is 8.42. The number of aromatic nitrogens is 1. The van der Waals surface area contributed by atoms with Crippen LogP contribution in [0.25, 0.3) is 0 Å². The largest absolute Gasteiger partial charge is 0.493 e. The number of carbonyl (C=O) groups excluding carboxylic acids is 2. The van der Waals surface area contributed by atoms with Crippen LogP contribution in [0, 0.1) is 0 Å². The molecule has 1 aliphatic rings. The van der Waals surface area contributed by atoms with Crippen LogP contribution in [0.3, 0.4) is 0 Å². The number of amides is 2. The minimum absolute atomic E-state index is 0.126. The number of benzene rings is 1. The second-order valence-electron chi connectivity index (χ2n) is 5.96. The molecule has 1 aromatic heterocycles. The van der Waals surface area contributed by atoms with Crippen molar-refractivity contribution in [3.63, 3.8) is 0 Å². The average Bonchev–Trinajstić information content (AvgIpc) is 2.95. The molecular formula is C19H20N2O4S. The van der Waals surface area contributed by atoms with Gasteiger partial charge in [0.2, 0.25) is 5.91 Å². The van der Waals surface area contributed by atoms with Gasteiger partial charge in [0, 0.05) is 24.9 Å². The highest BCUT2D eigenvalue weighted by atomic mass is 32.2. The number of aliphatic hydroxyl groups excluding tert-OH is 1. The highest BCUT2D eigenvalue weighted by Gasteiger charge is 2.31. The van der Waals surface area contributed by atoms with Crippen LogP contribution in [0.2, 0.25) is 0 Å². The lowest BCUT2D eigenvalue weighted by molar-refractivity contribution is -0.118. The standard InChI is InChI=1S/C19H20N2O4S/c22-9-7-14-1-4-15(20-12-14)8-10-25-16-5-2-13(3-6-16)11-17-18(23)21-19(24)26-17/h1-6,12,17,22H,7-11H2,(H,21,23,24)/t17-/m0/s1. The van der Waals surface area contributed by atoms with E-state index in [1.165, 1.54) is 0 Å². The van der Waals surface area contributed by atoms with E-state index in [1.54, 1.807) is 6.20 Å². The normalized spacial score (nSPS) is 16.6.